The zero-order valence-corrected chi connectivity index (χ0v) is 6.55. The summed E-state index contributed by atoms with van der Waals surface area (Å²) in [6.07, 6.45) is 0. The molecular weight excluding hydrogens is 138 g/mol. The predicted octanol–water partition coefficient (Wildman–Crippen LogP) is 1.15. The molecule has 0 amide bonds. The van der Waals surface area contributed by atoms with E-state index in [2.05, 4.69) is 4.98 Å². The van der Waals surface area contributed by atoms with Crippen LogP contribution in [0.5, 0.6) is 0 Å². The van der Waals surface area contributed by atoms with Crippen LogP contribution in [0.25, 0.3) is 0 Å². The van der Waals surface area contributed by atoms with E-state index in [1.54, 1.807) is 13.0 Å². The number of hydrogen-bond acceptors (Lipinski definition) is 3. The largest absolute Gasteiger partial charge is 0.398 e. The van der Waals surface area contributed by atoms with Crippen LogP contribution in [0.1, 0.15) is 17.0 Å². The summed E-state index contributed by atoms with van der Waals surface area (Å²) in [5, 5.41) is 8.60. The van der Waals surface area contributed by atoms with E-state index >= 15 is 0 Å². The second-order valence-electron chi connectivity index (χ2n) is 2.44. The fourth-order valence-electron chi connectivity index (χ4n) is 0.871. The Morgan fingerprint density at radius 1 is 1.55 bits per heavy atom. The molecule has 0 spiro atoms. The smallest absolute Gasteiger partial charge is 0.145 e. The van der Waals surface area contributed by atoms with Gasteiger partial charge >= 0.3 is 0 Å². The van der Waals surface area contributed by atoms with E-state index in [4.69, 9.17) is 11.0 Å². The van der Waals surface area contributed by atoms with Crippen molar-refractivity contribution in [3.05, 3.63) is 23.0 Å². The predicted molar refractivity (Wildman–Crippen MR) is 42.8 cm³/mol. The summed E-state index contributed by atoms with van der Waals surface area (Å²) >= 11 is 0. The van der Waals surface area contributed by atoms with Crippen LogP contribution in [0.15, 0.2) is 6.07 Å². The normalized spacial score (nSPS) is 9.18. The van der Waals surface area contributed by atoms with Gasteiger partial charge in [-0.2, -0.15) is 5.26 Å². The quantitative estimate of drug-likeness (QED) is 0.598. The molecule has 56 valence electrons. The third-order valence-corrected chi connectivity index (χ3v) is 1.55. The Balaban J connectivity index is 3.39. The van der Waals surface area contributed by atoms with E-state index in [0.29, 0.717) is 11.4 Å². The van der Waals surface area contributed by atoms with Gasteiger partial charge < -0.3 is 5.73 Å². The number of aryl methyl sites for hydroxylation is 1. The fourth-order valence-corrected chi connectivity index (χ4v) is 0.871. The first-order chi connectivity index (χ1) is 5.15. The molecule has 0 aliphatic rings. The Kier molecular flexibility index (Phi) is 1.77. The highest BCUT2D eigenvalue weighted by atomic mass is 14.7. The van der Waals surface area contributed by atoms with Gasteiger partial charge in [-0.05, 0) is 19.9 Å². The lowest BCUT2D eigenvalue weighted by atomic mass is 10.2. The summed E-state index contributed by atoms with van der Waals surface area (Å²) in [4.78, 5) is 4.01. The van der Waals surface area contributed by atoms with Crippen molar-refractivity contribution in [1.29, 1.82) is 5.26 Å². The summed E-state index contributed by atoms with van der Waals surface area (Å²) in [7, 11) is 0. The average Bonchev–Trinajstić information content (AvgIpc) is 1.96. The van der Waals surface area contributed by atoms with Crippen molar-refractivity contribution in [2.24, 2.45) is 0 Å². The number of pyridine rings is 1. The molecule has 0 aliphatic heterocycles. The summed E-state index contributed by atoms with van der Waals surface area (Å²) in [5.74, 6) is 0. The minimum Gasteiger partial charge on any atom is -0.398 e. The van der Waals surface area contributed by atoms with E-state index in [1.165, 1.54) is 0 Å². The highest BCUT2D eigenvalue weighted by Gasteiger charge is 2.02. The minimum atomic E-state index is 0.419. The molecule has 3 nitrogen and oxygen atoms in total. The molecule has 0 unspecified atom stereocenters. The third kappa shape index (κ3) is 1.30. The van der Waals surface area contributed by atoms with Crippen LogP contribution in [-0.2, 0) is 0 Å². The molecule has 0 atom stereocenters. The molecule has 1 aromatic heterocycles. The number of nitrogen functional groups attached to an aromatic ring is 1. The van der Waals surface area contributed by atoms with Crippen LogP contribution in [-0.4, -0.2) is 4.98 Å². The maximum absolute atomic E-state index is 8.60. The van der Waals surface area contributed by atoms with Gasteiger partial charge in [0.2, 0.25) is 0 Å². The molecular formula is C8H9N3. The van der Waals surface area contributed by atoms with Crippen LogP contribution in [0.4, 0.5) is 5.69 Å². The van der Waals surface area contributed by atoms with E-state index in [-0.39, 0.29) is 0 Å². The molecule has 11 heavy (non-hydrogen) atoms. The summed E-state index contributed by atoms with van der Waals surface area (Å²) in [6, 6.07) is 3.75. The van der Waals surface area contributed by atoms with Crippen molar-refractivity contribution in [2.75, 3.05) is 5.73 Å². The Morgan fingerprint density at radius 2 is 2.18 bits per heavy atom. The third-order valence-electron chi connectivity index (χ3n) is 1.55. The van der Waals surface area contributed by atoms with Gasteiger partial charge in [-0.3, -0.25) is 0 Å². The minimum absolute atomic E-state index is 0.419. The average molecular weight is 147 g/mol. The maximum Gasteiger partial charge on any atom is 0.145 e. The highest BCUT2D eigenvalue weighted by molar-refractivity contribution is 5.52. The lowest BCUT2D eigenvalue weighted by molar-refractivity contribution is 1.14. The van der Waals surface area contributed by atoms with Crippen LogP contribution in [0.3, 0.4) is 0 Å². The van der Waals surface area contributed by atoms with Crippen molar-refractivity contribution < 1.29 is 0 Å². The van der Waals surface area contributed by atoms with Gasteiger partial charge in [0.25, 0.3) is 0 Å². The molecule has 0 aromatic carbocycles. The van der Waals surface area contributed by atoms with Crippen LogP contribution in [0, 0.1) is 25.2 Å². The summed E-state index contributed by atoms with van der Waals surface area (Å²) in [5.41, 5.74) is 8.20. The number of anilines is 1. The molecule has 1 heterocycles. The number of rotatable bonds is 0. The van der Waals surface area contributed by atoms with Crippen LogP contribution >= 0.6 is 0 Å². The molecule has 1 rings (SSSR count). The molecule has 3 heteroatoms. The molecule has 2 N–H and O–H groups in total. The first-order valence-corrected chi connectivity index (χ1v) is 3.29. The lowest BCUT2D eigenvalue weighted by Gasteiger charge is -2.01. The van der Waals surface area contributed by atoms with Crippen molar-refractivity contribution in [3.8, 4) is 6.07 Å². The molecule has 0 aliphatic carbocycles. The topological polar surface area (TPSA) is 62.7 Å². The van der Waals surface area contributed by atoms with Crippen LogP contribution < -0.4 is 5.73 Å². The van der Waals surface area contributed by atoms with Gasteiger partial charge in [-0.1, -0.05) is 0 Å². The monoisotopic (exact) mass is 147 g/mol. The maximum atomic E-state index is 8.60. The number of nitrogens with two attached hydrogens (primary N) is 1. The van der Waals surface area contributed by atoms with Gasteiger partial charge in [0, 0.05) is 16.9 Å². The van der Waals surface area contributed by atoms with Gasteiger partial charge in [0.05, 0.1) is 0 Å². The zero-order chi connectivity index (χ0) is 8.43. The van der Waals surface area contributed by atoms with Crippen molar-refractivity contribution >= 4 is 5.69 Å². The van der Waals surface area contributed by atoms with Crippen molar-refractivity contribution in [3.63, 3.8) is 0 Å². The van der Waals surface area contributed by atoms with Crippen molar-refractivity contribution in [1.82, 2.24) is 4.98 Å². The second kappa shape index (κ2) is 2.59. The molecule has 1 aromatic rings. The standard InChI is InChI=1S/C8H9N3/c1-5-3-7(10)6(2)8(4-9)11-5/h3H,1-2H3,(H2,10,11). The lowest BCUT2D eigenvalue weighted by Crippen LogP contribution is -1.97. The van der Waals surface area contributed by atoms with E-state index in [1.807, 2.05) is 13.0 Å². The van der Waals surface area contributed by atoms with E-state index in [0.717, 1.165) is 11.3 Å². The zero-order valence-electron chi connectivity index (χ0n) is 6.55. The van der Waals surface area contributed by atoms with Gasteiger partial charge in [-0.25, -0.2) is 4.98 Å². The van der Waals surface area contributed by atoms with Gasteiger partial charge in [0.15, 0.2) is 0 Å². The molecule has 0 fully saturated rings. The Hall–Kier alpha value is -1.56. The molecule has 0 radical (unpaired) electrons. The molecule has 0 saturated carbocycles. The Morgan fingerprint density at radius 3 is 2.73 bits per heavy atom. The number of nitrogens with zero attached hydrogens (tertiary/aromatic N) is 2. The summed E-state index contributed by atoms with van der Waals surface area (Å²) in [6.45, 7) is 3.61. The number of aromatic nitrogens is 1. The van der Waals surface area contributed by atoms with Gasteiger partial charge in [0.1, 0.15) is 11.8 Å². The SMILES string of the molecule is Cc1cc(N)c(C)c(C#N)n1. The van der Waals surface area contributed by atoms with E-state index < -0.39 is 0 Å². The fraction of sp³-hybridized carbons (Fsp3) is 0.250. The van der Waals surface area contributed by atoms with Crippen LogP contribution in [0.2, 0.25) is 0 Å². The number of nitriles is 1. The second-order valence-corrected chi connectivity index (χ2v) is 2.44. The van der Waals surface area contributed by atoms with Crippen molar-refractivity contribution in [2.45, 2.75) is 13.8 Å². The Bertz CT molecular complexity index is 323. The first kappa shape index (κ1) is 7.55. The van der Waals surface area contributed by atoms with E-state index in [9.17, 15) is 0 Å². The first-order valence-electron chi connectivity index (χ1n) is 3.29. The molecule has 0 bridgehead atoms. The highest BCUT2D eigenvalue weighted by Crippen LogP contribution is 2.13. The summed E-state index contributed by atoms with van der Waals surface area (Å²) < 4.78 is 0. The Labute approximate surface area is 65.5 Å². The van der Waals surface area contributed by atoms with Gasteiger partial charge in [-0.15, -0.1) is 0 Å². The number of hydrogen-bond donors (Lipinski definition) is 1. The molecule has 0 saturated heterocycles.